The zero-order valence-electron chi connectivity index (χ0n) is 11.0. The van der Waals surface area contributed by atoms with Crippen molar-refractivity contribution in [1.82, 2.24) is 5.32 Å². The van der Waals surface area contributed by atoms with Crippen molar-refractivity contribution in [3.8, 4) is 5.75 Å². The standard InChI is InChI=1S/C14H15ClFN3O/c1-20-12-5-8(9(15)6-10(12)16)13-7-3-2-4-11(7)18-14(17)19-13/h5-6,11H,2-4H2,1H3,(H3,17,18,19). The molecular weight excluding hydrogens is 281 g/mol. The highest BCUT2D eigenvalue weighted by Gasteiger charge is 2.29. The lowest BCUT2D eigenvalue weighted by Crippen LogP contribution is -2.36. The lowest BCUT2D eigenvalue weighted by molar-refractivity contribution is 0.386. The molecule has 6 heteroatoms. The Morgan fingerprint density at radius 1 is 1.50 bits per heavy atom. The highest BCUT2D eigenvalue weighted by atomic mass is 35.5. The van der Waals surface area contributed by atoms with Gasteiger partial charge in [-0.25, -0.2) is 9.38 Å². The van der Waals surface area contributed by atoms with Crippen LogP contribution >= 0.6 is 11.6 Å². The number of nitrogens with zero attached hydrogens (tertiary/aromatic N) is 1. The van der Waals surface area contributed by atoms with Crippen molar-refractivity contribution in [2.45, 2.75) is 25.3 Å². The molecule has 1 saturated carbocycles. The zero-order valence-corrected chi connectivity index (χ0v) is 11.8. The molecule has 1 aliphatic heterocycles. The maximum absolute atomic E-state index is 13.6. The summed E-state index contributed by atoms with van der Waals surface area (Å²) in [5.74, 6) is 0.0530. The Kier molecular flexibility index (Phi) is 3.30. The first-order valence-corrected chi connectivity index (χ1v) is 6.84. The van der Waals surface area contributed by atoms with Crippen molar-refractivity contribution >= 4 is 23.3 Å². The Bertz CT molecular complexity index is 627. The molecule has 4 nitrogen and oxygen atoms in total. The van der Waals surface area contributed by atoms with Crippen molar-refractivity contribution in [1.29, 1.82) is 0 Å². The molecule has 20 heavy (non-hydrogen) atoms. The molecule has 1 aromatic rings. The van der Waals surface area contributed by atoms with Crippen LogP contribution in [0.2, 0.25) is 5.02 Å². The Labute approximate surface area is 121 Å². The summed E-state index contributed by atoms with van der Waals surface area (Å²) in [6.07, 6.45) is 2.99. The van der Waals surface area contributed by atoms with E-state index in [0.29, 0.717) is 16.5 Å². The first-order chi connectivity index (χ1) is 9.60. The number of guanidine groups is 1. The van der Waals surface area contributed by atoms with Gasteiger partial charge in [0.2, 0.25) is 0 Å². The van der Waals surface area contributed by atoms with Crippen LogP contribution in [0.5, 0.6) is 5.75 Å². The van der Waals surface area contributed by atoms with Crippen LogP contribution in [0.4, 0.5) is 4.39 Å². The fourth-order valence-electron chi connectivity index (χ4n) is 2.79. The van der Waals surface area contributed by atoms with Crippen LogP contribution in [0.25, 0.3) is 5.70 Å². The van der Waals surface area contributed by atoms with E-state index in [-0.39, 0.29) is 11.8 Å². The van der Waals surface area contributed by atoms with Gasteiger partial charge >= 0.3 is 0 Å². The molecule has 2 aliphatic rings. The number of halogens is 2. The highest BCUT2D eigenvalue weighted by Crippen LogP contribution is 2.38. The number of methoxy groups -OCH3 is 1. The first kappa shape index (κ1) is 13.2. The Morgan fingerprint density at radius 2 is 2.30 bits per heavy atom. The second-order valence-electron chi connectivity index (χ2n) is 4.91. The van der Waals surface area contributed by atoms with E-state index in [4.69, 9.17) is 22.1 Å². The van der Waals surface area contributed by atoms with Gasteiger partial charge in [-0.1, -0.05) is 11.6 Å². The molecule has 0 bridgehead atoms. The summed E-state index contributed by atoms with van der Waals surface area (Å²) in [6.45, 7) is 0. The van der Waals surface area contributed by atoms with Gasteiger partial charge in [0.1, 0.15) is 0 Å². The van der Waals surface area contributed by atoms with Gasteiger partial charge < -0.3 is 15.8 Å². The third kappa shape index (κ3) is 2.12. The van der Waals surface area contributed by atoms with Crippen LogP contribution < -0.4 is 15.8 Å². The largest absolute Gasteiger partial charge is 0.494 e. The van der Waals surface area contributed by atoms with Gasteiger partial charge in [0.25, 0.3) is 0 Å². The molecule has 3 N–H and O–H groups in total. The summed E-state index contributed by atoms with van der Waals surface area (Å²) in [5, 5.41) is 3.39. The quantitative estimate of drug-likeness (QED) is 0.882. The van der Waals surface area contributed by atoms with E-state index in [0.717, 1.165) is 25.0 Å². The highest BCUT2D eigenvalue weighted by molar-refractivity contribution is 6.32. The van der Waals surface area contributed by atoms with Crippen LogP contribution in [-0.2, 0) is 0 Å². The second-order valence-corrected chi connectivity index (χ2v) is 5.32. The van der Waals surface area contributed by atoms with Gasteiger partial charge in [-0.2, -0.15) is 0 Å². The van der Waals surface area contributed by atoms with Gasteiger partial charge in [0.05, 0.1) is 23.9 Å². The molecular formula is C14H15ClFN3O. The second kappa shape index (κ2) is 4.98. The molecule has 0 saturated heterocycles. The van der Waals surface area contributed by atoms with Crippen molar-refractivity contribution in [3.63, 3.8) is 0 Å². The predicted molar refractivity (Wildman–Crippen MR) is 77.3 cm³/mol. The van der Waals surface area contributed by atoms with Crippen LogP contribution in [0.3, 0.4) is 0 Å². The summed E-state index contributed by atoms with van der Waals surface area (Å²) < 4.78 is 18.7. The van der Waals surface area contributed by atoms with Crippen molar-refractivity contribution < 1.29 is 9.13 Å². The molecule has 0 amide bonds. The van der Waals surface area contributed by atoms with Crippen LogP contribution in [0, 0.1) is 5.82 Å². The molecule has 1 heterocycles. The summed E-state index contributed by atoms with van der Waals surface area (Å²) >= 11 is 6.18. The van der Waals surface area contributed by atoms with E-state index in [1.165, 1.54) is 18.7 Å². The minimum atomic E-state index is -0.479. The van der Waals surface area contributed by atoms with Gasteiger partial charge in [0.15, 0.2) is 17.5 Å². The SMILES string of the molecule is COc1cc(C2=C3CCCC3N=C(N)N2)c(Cl)cc1F. The van der Waals surface area contributed by atoms with Crippen LogP contribution in [-0.4, -0.2) is 19.1 Å². The maximum Gasteiger partial charge on any atom is 0.193 e. The number of aliphatic imine (C=N–C) groups is 1. The molecule has 0 spiro atoms. The number of rotatable bonds is 2. The Hall–Kier alpha value is -1.75. The number of hydrogen-bond donors (Lipinski definition) is 2. The molecule has 3 rings (SSSR count). The van der Waals surface area contributed by atoms with Crippen LogP contribution in [0.15, 0.2) is 22.7 Å². The minimum Gasteiger partial charge on any atom is -0.494 e. The number of ether oxygens (including phenoxy) is 1. The lowest BCUT2D eigenvalue weighted by Gasteiger charge is -2.23. The summed E-state index contributed by atoms with van der Waals surface area (Å²) in [6, 6.07) is 2.97. The Balaban J connectivity index is 2.13. The number of benzene rings is 1. The molecule has 1 fully saturated rings. The average Bonchev–Trinajstić information content (AvgIpc) is 2.86. The fraction of sp³-hybridized carbons (Fsp3) is 0.357. The van der Waals surface area contributed by atoms with E-state index in [1.54, 1.807) is 6.07 Å². The Morgan fingerprint density at radius 3 is 3.05 bits per heavy atom. The third-order valence-electron chi connectivity index (χ3n) is 3.71. The fourth-order valence-corrected chi connectivity index (χ4v) is 3.03. The topological polar surface area (TPSA) is 59.6 Å². The van der Waals surface area contributed by atoms with Gasteiger partial charge in [-0.15, -0.1) is 0 Å². The molecule has 0 radical (unpaired) electrons. The van der Waals surface area contributed by atoms with E-state index in [2.05, 4.69) is 10.3 Å². The first-order valence-electron chi connectivity index (χ1n) is 6.47. The van der Waals surface area contributed by atoms with Gasteiger partial charge in [0, 0.05) is 5.56 Å². The monoisotopic (exact) mass is 295 g/mol. The zero-order chi connectivity index (χ0) is 14.3. The van der Waals surface area contributed by atoms with Gasteiger partial charge in [-0.05, 0) is 37.0 Å². The van der Waals surface area contributed by atoms with Crippen molar-refractivity contribution in [2.75, 3.05) is 7.11 Å². The minimum absolute atomic E-state index is 0.110. The number of nitrogens with two attached hydrogens (primary N) is 1. The van der Waals surface area contributed by atoms with E-state index in [1.807, 2.05) is 0 Å². The molecule has 1 unspecified atom stereocenters. The normalized spacial score (nSPS) is 21.4. The molecule has 1 aromatic carbocycles. The van der Waals surface area contributed by atoms with Crippen molar-refractivity contribution in [3.05, 3.63) is 34.1 Å². The lowest BCUT2D eigenvalue weighted by atomic mass is 10.0. The molecule has 0 aromatic heterocycles. The van der Waals surface area contributed by atoms with E-state index in [9.17, 15) is 4.39 Å². The molecule has 106 valence electrons. The summed E-state index contributed by atoms with van der Waals surface area (Å²) in [5.41, 5.74) is 8.54. The number of hydrogen-bond acceptors (Lipinski definition) is 4. The number of fused-ring (bicyclic) bond motifs is 1. The van der Waals surface area contributed by atoms with E-state index >= 15 is 0 Å². The average molecular weight is 296 g/mol. The van der Waals surface area contributed by atoms with Crippen LogP contribution in [0.1, 0.15) is 24.8 Å². The van der Waals surface area contributed by atoms with Crippen molar-refractivity contribution in [2.24, 2.45) is 10.7 Å². The smallest absolute Gasteiger partial charge is 0.193 e. The summed E-state index contributed by atoms with van der Waals surface area (Å²) in [7, 11) is 1.43. The molecule has 1 atom stereocenters. The van der Waals surface area contributed by atoms with Gasteiger partial charge in [-0.3, -0.25) is 0 Å². The third-order valence-corrected chi connectivity index (χ3v) is 4.02. The summed E-state index contributed by atoms with van der Waals surface area (Å²) in [4.78, 5) is 4.39. The molecule has 1 aliphatic carbocycles. The van der Waals surface area contributed by atoms with E-state index < -0.39 is 5.82 Å². The number of nitrogens with one attached hydrogen (secondary N) is 1. The predicted octanol–water partition coefficient (Wildman–Crippen LogP) is 2.67. The maximum atomic E-state index is 13.6.